The van der Waals surface area contributed by atoms with Crippen molar-refractivity contribution in [3.8, 4) is 0 Å². The van der Waals surface area contributed by atoms with Crippen LogP contribution in [0.25, 0.3) is 17.1 Å². The molecule has 8 nitrogen and oxygen atoms in total. The fraction of sp³-hybridized carbons (Fsp3) is 0.105. The molecule has 1 saturated heterocycles. The standard InChI is InChI=1S/C19H13FN4O4S/c20-12-4-1-3-11(9-12)10-15-18(26)24(19(27)29-15)8-7-16(25)21-13-5-2-6-14-17(13)23-28-22-14/h1-6,9-10H,7-8H2,(H,21,25). The maximum absolute atomic E-state index is 13.3. The first-order chi connectivity index (χ1) is 14.0. The van der Waals surface area contributed by atoms with E-state index in [9.17, 15) is 18.8 Å². The second-order valence-electron chi connectivity index (χ2n) is 6.12. The molecule has 3 amide bonds. The van der Waals surface area contributed by atoms with Crippen LogP contribution < -0.4 is 5.32 Å². The van der Waals surface area contributed by atoms with E-state index in [1.165, 1.54) is 24.3 Å². The highest BCUT2D eigenvalue weighted by atomic mass is 32.2. The van der Waals surface area contributed by atoms with Crippen molar-refractivity contribution in [1.82, 2.24) is 15.2 Å². The van der Waals surface area contributed by atoms with Gasteiger partial charge in [0.05, 0.1) is 10.6 Å². The van der Waals surface area contributed by atoms with Gasteiger partial charge in [-0.1, -0.05) is 18.2 Å². The van der Waals surface area contributed by atoms with Crippen molar-refractivity contribution < 1.29 is 23.4 Å². The number of rotatable bonds is 5. The summed E-state index contributed by atoms with van der Waals surface area (Å²) in [7, 11) is 0. The van der Waals surface area contributed by atoms with Gasteiger partial charge in [-0.05, 0) is 58.0 Å². The number of carbonyl (C=O) groups excluding carboxylic acids is 3. The maximum Gasteiger partial charge on any atom is 0.293 e. The molecule has 0 atom stereocenters. The number of fused-ring (bicyclic) bond motifs is 1. The van der Waals surface area contributed by atoms with Crippen LogP contribution in [0.15, 0.2) is 52.0 Å². The lowest BCUT2D eigenvalue weighted by atomic mass is 10.2. The van der Waals surface area contributed by atoms with Gasteiger partial charge in [-0.15, -0.1) is 0 Å². The summed E-state index contributed by atoms with van der Waals surface area (Å²) < 4.78 is 17.9. The van der Waals surface area contributed by atoms with E-state index in [-0.39, 0.29) is 17.9 Å². The minimum Gasteiger partial charge on any atom is -0.324 e. The minimum atomic E-state index is -0.514. The zero-order valence-corrected chi connectivity index (χ0v) is 15.6. The molecule has 29 heavy (non-hydrogen) atoms. The van der Waals surface area contributed by atoms with E-state index < -0.39 is 22.9 Å². The molecule has 0 unspecified atom stereocenters. The molecular weight excluding hydrogens is 399 g/mol. The fourth-order valence-electron chi connectivity index (χ4n) is 2.77. The number of hydrogen-bond acceptors (Lipinski definition) is 7. The number of benzene rings is 2. The Morgan fingerprint density at radius 2 is 2.03 bits per heavy atom. The molecule has 10 heteroatoms. The van der Waals surface area contributed by atoms with Crippen molar-refractivity contribution in [2.45, 2.75) is 6.42 Å². The monoisotopic (exact) mass is 412 g/mol. The number of nitrogens with zero attached hydrogens (tertiary/aromatic N) is 3. The van der Waals surface area contributed by atoms with Crippen molar-refractivity contribution in [3.05, 3.63) is 58.8 Å². The molecule has 1 fully saturated rings. The lowest BCUT2D eigenvalue weighted by molar-refractivity contribution is -0.123. The van der Waals surface area contributed by atoms with Crippen molar-refractivity contribution in [2.75, 3.05) is 11.9 Å². The Balaban J connectivity index is 1.40. The molecule has 146 valence electrons. The predicted molar refractivity (Wildman–Crippen MR) is 104 cm³/mol. The van der Waals surface area contributed by atoms with Crippen LogP contribution in [0, 0.1) is 5.82 Å². The number of hydrogen-bond donors (Lipinski definition) is 1. The average molecular weight is 412 g/mol. The molecule has 4 rings (SSSR count). The van der Waals surface area contributed by atoms with Gasteiger partial charge in [0.1, 0.15) is 11.3 Å². The predicted octanol–water partition coefficient (Wildman–Crippen LogP) is 3.43. The van der Waals surface area contributed by atoms with Gasteiger partial charge in [-0.2, -0.15) is 0 Å². The summed E-state index contributed by atoms with van der Waals surface area (Å²) in [5.41, 5.74) is 1.80. The molecule has 1 N–H and O–H groups in total. The second kappa shape index (κ2) is 7.84. The van der Waals surface area contributed by atoms with Gasteiger partial charge in [0.15, 0.2) is 5.52 Å². The number of anilines is 1. The summed E-state index contributed by atoms with van der Waals surface area (Å²) in [6.45, 7) is -0.0793. The van der Waals surface area contributed by atoms with Crippen molar-refractivity contribution in [1.29, 1.82) is 0 Å². The summed E-state index contributed by atoms with van der Waals surface area (Å²) >= 11 is 0.755. The molecule has 2 aromatic carbocycles. The SMILES string of the molecule is O=C(CCN1C(=O)SC(=Cc2cccc(F)c2)C1=O)Nc1cccc2nonc12. The van der Waals surface area contributed by atoms with Crippen LogP contribution in [0.1, 0.15) is 12.0 Å². The zero-order valence-electron chi connectivity index (χ0n) is 14.8. The number of amides is 3. The molecule has 0 saturated carbocycles. The van der Waals surface area contributed by atoms with Crippen molar-refractivity contribution >= 4 is 51.6 Å². The quantitative estimate of drug-likeness (QED) is 0.640. The molecule has 1 aliphatic heterocycles. The molecule has 2 heterocycles. The first-order valence-electron chi connectivity index (χ1n) is 8.53. The Hall–Kier alpha value is -3.53. The highest BCUT2D eigenvalue weighted by molar-refractivity contribution is 8.18. The Kier molecular flexibility index (Phi) is 5.09. The van der Waals surface area contributed by atoms with Crippen LogP contribution in [0.4, 0.5) is 14.9 Å². The van der Waals surface area contributed by atoms with E-state index in [4.69, 9.17) is 0 Å². The summed E-state index contributed by atoms with van der Waals surface area (Å²) in [5, 5.41) is 9.62. The van der Waals surface area contributed by atoms with E-state index in [1.807, 2.05) is 0 Å². The average Bonchev–Trinajstić information content (AvgIpc) is 3.26. The molecular formula is C19H13FN4O4S. The lowest BCUT2D eigenvalue weighted by Gasteiger charge is -2.12. The Bertz CT molecular complexity index is 1160. The molecule has 3 aromatic rings. The highest BCUT2D eigenvalue weighted by Gasteiger charge is 2.35. The molecule has 1 aliphatic rings. The third kappa shape index (κ3) is 4.02. The zero-order chi connectivity index (χ0) is 20.4. The third-order valence-corrected chi connectivity index (χ3v) is 5.05. The fourth-order valence-corrected chi connectivity index (χ4v) is 3.64. The van der Waals surface area contributed by atoms with Gasteiger partial charge in [0.2, 0.25) is 5.91 Å². The molecule has 0 aliphatic carbocycles. The number of thioether (sulfide) groups is 1. The Morgan fingerprint density at radius 3 is 2.86 bits per heavy atom. The largest absolute Gasteiger partial charge is 0.324 e. The number of imide groups is 1. The first kappa shape index (κ1) is 18.8. The topological polar surface area (TPSA) is 105 Å². The highest BCUT2D eigenvalue weighted by Crippen LogP contribution is 2.32. The number of halogens is 1. The number of aromatic nitrogens is 2. The number of carbonyl (C=O) groups is 3. The Labute approximate surface area is 167 Å². The number of nitrogens with one attached hydrogen (secondary N) is 1. The molecule has 0 radical (unpaired) electrons. The summed E-state index contributed by atoms with van der Waals surface area (Å²) in [6.07, 6.45) is 1.36. The van der Waals surface area contributed by atoms with Gasteiger partial charge in [-0.3, -0.25) is 19.3 Å². The van der Waals surface area contributed by atoms with Crippen LogP contribution in [-0.2, 0) is 9.59 Å². The Morgan fingerprint density at radius 1 is 1.21 bits per heavy atom. The van der Waals surface area contributed by atoms with Crippen LogP contribution in [0.5, 0.6) is 0 Å². The van der Waals surface area contributed by atoms with E-state index in [1.54, 1.807) is 24.3 Å². The minimum absolute atomic E-state index is 0.0793. The van der Waals surface area contributed by atoms with E-state index >= 15 is 0 Å². The van der Waals surface area contributed by atoms with Crippen molar-refractivity contribution in [2.24, 2.45) is 0 Å². The molecule has 1 aromatic heterocycles. The van der Waals surface area contributed by atoms with Gasteiger partial charge in [0, 0.05) is 13.0 Å². The summed E-state index contributed by atoms with van der Waals surface area (Å²) in [6, 6.07) is 10.7. The van der Waals surface area contributed by atoms with Gasteiger partial charge in [-0.25, -0.2) is 9.02 Å². The molecule has 0 spiro atoms. The maximum atomic E-state index is 13.3. The third-order valence-electron chi connectivity index (χ3n) is 4.14. The van der Waals surface area contributed by atoms with Crippen LogP contribution in [-0.4, -0.2) is 38.8 Å². The van der Waals surface area contributed by atoms with E-state index in [0.717, 1.165) is 16.7 Å². The normalized spacial score (nSPS) is 15.5. The van der Waals surface area contributed by atoms with E-state index in [0.29, 0.717) is 22.3 Å². The van der Waals surface area contributed by atoms with E-state index in [2.05, 4.69) is 20.3 Å². The molecule has 0 bridgehead atoms. The van der Waals surface area contributed by atoms with Gasteiger partial charge >= 0.3 is 0 Å². The van der Waals surface area contributed by atoms with Crippen molar-refractivity contribution in [3.63, 3.8) is 0 Å². The van der Waals surface area contributed by atoms with Crippen LogP contribution in [0.3, 0.4) is 0 Å². The smallest absolute Gasteiger partial charge is 0.293 e. The summed E-state index contributed by atoms with van der Waals surface area (Å²) in [5.74, 6) is -1.35. The van der Waals surface area contributed by atoms with Gasteiger partial charge in [0.25, 0.3) is 11.1 Å². The first-order valence-corrected chi connectivity index (χ1v) is 9.35. The summed E-state index contributed by atoms with van der Waals surface area (Å²) in [4.78, 5) is 38.1. The van der Waals surface area contributed by atoms with Crippen LogP contribution >= 0.6 is 11.8 Å². The second-order valence-corrected chi connectivity index (χ2v) is 7.12. The van der Waals surface area contributed by atoms with Crippen LogP contribution in [0.2, 0.25) is 0 Å². The lowest BCUT2D eigenvalue weighted by Crippen LogP contribution is -2.31. The van der Waals surface area contributed by atoms with Gasteiger partial charge < -0.3 is 5.32 Å².